The van der Waals surface area contributed by atoms with Crippen LogP contribution >= 0.6 is 15.9 Å². The highest BCUT2D eigenvalue weighted by Crippen LogP contribution is 2.30. The molecule has 0 fully saturated rings. The zero-order valence-corrected chi connectivity index (χ0v) is 10.2. The van der Waals surface area contributed by atoms with Crippen molar-refractivity contribution in [2.45, 2.75) is 0 Å². The Morgan fingerprint density at radius 3 is 2.75 bits per heavy atom. The smallest absolute Gasteiger partial charge is 0.328 e. The normalized spacial score (nSPS) is 11.4. The van der Waals surface area contributed by atoms with Crippen molar-refractivity contribution >= 4 is 38.9 Å². The van der Waals surface area contributed by atoms with E-state index in [1.54, 1.807) is 6.08 Å². The fraction of sp³-hybridized carbons (Fsp3) is 0.0833. The highest BCUT2D eigenvalue weighted by atomic mass is 79.9. The summed E-state index contributed by atoms with van der Waals surface area (Å²) in [6.45, 7) is 0. The van der Waals surface area contributed by atoms with Crippen molar-refractivity contribution in [3.05, 3.63) is 40.5 Å². The molecule has 16 heavy (non-hydrogen) atoms. The van der Waals surface area contributed by atoms with E-state index in [0.29, 0.717) is 0 Å². The Balaban J connectivity index is 2.66. The van der Waals surface area contributed by atoms with Crippen LogP contribution in [0.2, 0.25) is 0 Å². The van der Waals surface area contributed by atoms with Crippen LogP contribution in [-0.2, 0) is 11.8 Å². The average molecular weight is 280 g/mol. The van der Waals surface area contributed by atoms with E-state index in [0.717, 1.165) is 27.1 Å². The van der Waals surface area contributed by atoms with Crippen molar-refractivity contribution in [3.8, 4) is 0 Å². The quantitative estimate of drug-likeness (QED) is 0.859. The van der Waals surface area contributed by atoms with E-state index in [2.05, 4.69) is 15.9 Å². The number of carbonyl (C=O) groups is 1. The van der Waals surface area contributed by atoms with Crippen LogP contribution in [0.3, 0.4) is 0 Å². The van der Waals surface area contributed by atoms with Gasteiger partial charge in [-0.1, -0.05) is 18.2 Å². The van der Waals surface area contributed by atoms with E-state index < -0.39 is 5.97 Å². The predicted molar refractivity (Wildman–Crippen MR) is 67.3 cm³/mol. The minimum Gasteiger partial charge on any atom is -0.478 e. The summed E-state index contributed by atoms with van der Waals surface area (Å²) in [5.41, 5.74) is 1.92. The van der Waals surface area contributed by atoms with Gasteiger partial charge in [0.2, 0.25) is 0 Å². The minimum absolute atomic E-state index is 0.851. The van der Waals surface area contributed by atoms with E-state index in [9.17, 15) is 4.79 Å². The van der Waals surface area contributed by atoms with Crippen LogP contribution < -0.4 is 0 Å². The number of hydrogen-bond acceptors (Lipinski definition) is 1. The highest BCUT2D eigenvalue weighted by Gasteiger charge is 2.09. The Labute approximate surface area is 101 Å². The third-order valence-electron chi connectivity index (χ3n) is 2.47. The molecular weight excluding hydrogens is 270 g/mol. The Hall–Kier alpha value is -1.55. The number of carboxylic acids is 1. The molecule has 0 amide bonds. The maximum absolute atomic E-state index is 10.5. The van der Waals surface area contributed by atoms with Crippen molar-refractivity contribution < 1.29 is 9.90 Å². The van der Waals surface area contributed by atoms with E-state index in [-0.39, 0.29) is 0 Å². The maximum atomic E-state index is 10.5. The first-order valence-electron chi connectivity index (χ1n) is 4.75. The van der Waals surface area contributed by atoms with Gasteiger partial charge in [-0.25, -0.2) is 4.79 Å². The van der Waals surface area contributed by atoms with Gasteiger partial charge in [-0.15, -0.1) is 0 Å². The molecule has 0 saturated carbocycles. The van der Waals surface area contributed by atoms with Gasteiger partial charge in [-0.3, -0.25) is 0 Å². The molecule has 1 N–H and O–H groups in total. The molecule has 1 aromatic carbocycles. The second kappa shape index (κ2) is 4.14. The number of rotatable bonds is 2. The Morgan fingerprint density at radius 2 is 2.12 bits per heavy atom. The summed E-state index contributed by atoms with van der Waals surface area (Å²) in [7, 11) is 1.91. The lowest BCUT2D eigenvalue weighted by molar-refractivity contribution is -0.131. The lowest BCUT2D eigenvalue weighted by Crippen LogP contribution is -1.92. The number of hydrogen-bond donors (Lipinski definition) is 1. The molecule has 2 aromatic rings. The fourth-order valence-corrected chi connectivity index (χ4v) is 2.44. The second-order valence-corrected chi connectivity index (χ2v) is 4.24. The largest absolute Gasteiger partial charge is 0.478 e. The first-order chi connectivity index (χ1) is 7.61. The Kier molecular flexibility index (Phi) is 2.83. The molecule has 0 saturated heterocycles. The Bertz CT molecular complexity index is 545. The van der Waals surface area contributed by atoms with Gasteiger partial charge in [0.15, 0.2) is 0 Å². The number of aliphatic carboxylic acids is 1. The van der Waals surface area contributed by atoms with Gasteiger partial charge in [0.05, 0.1) is 10.2 Å². The van der Waals surface area contributed by atoms with Crippen LogP contribution in [0.25, 0.3) is 17.0 Å². The second-order valence-electron chi connectivity index (χ2n) is 3.45. The van der Waals surface area contributed by atoms with E-state index in [1.807, 2.05) is 35.9 Å². The van der Waals surface area contributed by atoms with Crippen LogP contribution in [0.5, 0.6) is 0 Å². The van der Waals surface area contributed by atoms with Gasteiger partial charge < -0.3 is 9.67 Å². The number of nitrogens with zero attached hydrogens (tertiary/aromatic N) is 1. The molecule has 2 rings (SSSR count). The Morgan fingerprint density at radius 1 is 1.44 bits per heavy atom. The third-order valence-corrected chi connectivity index (χ3v) is 3.31. The van der Waals surface area contributed by atoms with Gasteiger partial charge in [-0.2, -0.15) is 0 Å². The molecule has 0 bridgehead atoms. The fourth-order valence-electron chi connectivity index (χ4n) is 1.70. The number of aryl methyl sites for hydroxylation is 1. The summed E-state index contributed by atoms with van der Waals surface area (Å²) in [4.78, 5) is 10.5. The first-order valence-corrected chi connectivity index (χ1v) is 5.54. The molecule has 0 unspecified atom stereocenters. The highest BCUT2D eigenvalue weighted by molar-refractivity contribution is 9.10. The number of carboxylic acid groups (broad SMARTS) is 1. The minimum atomic E-state index is -0.947. The summed E-state index contributed by atoms with van der Waals surface area (Å²) in [6, 6.07) is 7.91. The summed E-state index contributed by atoms with van der Waals surface area (Å²) in [5.74, 6) is -0.947. The number of para-hydroxylation sites is 1. The van der Waals surface area contributed by atoms with Crippen molar-refractivity contribution in [2.75, 3.05) is 0 Å². The van der Waals surface area contributed by atoms with Gasteiger partial charge in [0.1, 0.15) is 0 Å². The molecule has 1 aromatic heterocycles. The molecule has 82 valence electrons. The molecular formula is C12H10BrNO2. The molecule has 0 aliphatic carbocycles. The van der Waals surface area contributed by atoms with E-state index in [4.69, 9.17) is 5.11 Å². The van der Waals surface area contributed by atoms with Crippen molar-refractivity contribution in [3.63, 3.8) is 0 Å². The first kappa shape index (κ1) is 11.0. The summed E-state index contributed by atoms with van der Waals surface area (Å²) in [6.07, 6.45) is 2.73. The molecule has 0 radical (unpaired) electrons. The summed E-state index contributed by atoms with van der Waals surface area (Å²) in [5, 5.41) is 9.70. The summed E-state index contributed by atoms with van der Waals surface area (Å²) < 4.78 is 2.88. The molecule has 0 spiro atoms. The third kappa shape index (κ3) is 1.76. The van der Waals surface area contributed by atoms with Gasteiger partial charge >= 0.3 is 5.97 Å². The monoisotopic (exact) mass is 279 g/mol. The number of benzene rings is 1. The van der Waals surface area contributed by atoms with Crippen LogP contribution in [0.15, 0.2) is 34.8 Å². The average Bonchev–Trinajstić information content (AvgIpc) is 2.50. The molecule has 1 heterocycles. The molecule has 4 heteroatoms. The van der Waals surface area contributed by atoms with Gasteiger partial charge in [-0.05, 0) is 28.1 Å². The van der Waals surface area contributed by atoms with Crippen molar-refractivity contribution in [1.82, 2.24) is 4.57 Å². The van der Waals surface area contributed by atoms with E-state index >= 15 is 0 Å². The standard InChI is InChI=1S/C12H10BrNO2/c1-14-9-5-3-2-4-8(9)12(13)10(14)6-7-11(15)16/h2-7H,1H3,(H,15,16)/b7-6+. The van der Waals surface area contributed by atoms with Crippen molar-refractivity contribution in [1.29, 1.82) is 0 Å². The van der Waals surface area contributed by atoms with Crippen LogP contribution in [0, 0.1) is 0 Å². The molecule has 3 nitrogen and oxygen atoms in total. The van der Waals surface area contributed by atoms with E-state index in [1.165, 1.54) is 0 Å². The van der Waals surface area contributed by atoms with Crippen LogP contribution in [-0.4, -0.2) is 15.6 Å². The molecule has 0 aliphatic rings. The number of aromatic nitrogens is 1. The maximum Gasteiger partial charge on any atom is 0.328 e. The zero-order chi connectivity index (χ0) is 11.7. The molecule has 0 aliphatic heterocycles. The summed E-state index contributed by atoms with van der Waals surface area (Å²) >= 11 is 3.49. The van der Waals surface area contributed by atoms with Crippen molar-refractivity contribution in [2.24, 2.45) is 7.05 Å². The molecule has 0 atom stereocenters. The zero-order valence-electron chi connectivity index (χ0n) is 8.64. The number of fused-ring (bicyclic) bond motifs is 1. The van der Waals surface area contributed by atoms with Crippen LogP contribution in [0.4, 0.5) is 0 Å². The van der Waals surface area contributed by atoms with Gasteiger partial charge in [0, 0.05) is 24.0 Å². The lowest BCUT2D eigenvalue weighted by Gasteiger charge is -1.98. The van der Waals surface area contributed by atoms with Gasteiger partial charge in [0.25, 0.3) is 0 Å². The van der Waals surface area contributed by atoms with Crippen LogP contribution in [0.1, 0.15) is 5.69 Å². The number of halogens is 1. The predicted octanol–water partition coefficient (Wildman–Crippen LogP) is 3.04. The topological polar surface area (TPSA) is 42.2 Å². The SMILES string of the molecule is Cn1c(/C=C/C(=O)O)c(Br)c2ccccc21. The lowest BCUT2D eigenvalue weighted by atomic mass is 10.2.